The smallest absolute Gasteiger partial charge is 0.320 e. The summed E-state index contributed by atoms with van der Waals surface area (Å²) in [6.45, 7) is -0.454. The number of hydrogen-bond acceptors (Lipinski definition) is 4. The average molecular weight is 259 g/mol. The second kappa shape index (κ2) is 6.31. The summed E-state index contributed by atoms with van der Waals surface area (Å²) >= 11 is 1.40. The Morgan fingerprint density at radius 2 is 2.18 bits per heavy atom. The van der Waals surface area contributed by atoms with E-state index in [0.717, 1.165) is 9.75 Å². The molecule has 0 aromatic carbocycles. The van der Waals surface area contributed by atoms with Gasteiger partial charge in [-0.1, -0.05) is 0 Å². The van der Waals surface area contributed by atoms with Gasteiger partial charge in [0.1, 0.15) is 18.6 Å². The van der Waals surface area contributed by atoms with Gasteiger partial charge < -0.3 is 16.6 Å². The minimum atomic E-state index is -1.03. The molecule has 0 amide bonds. The van der Waals surface area contributed by atoms with E-state index in [2.05, 4.69) is 4.99 Å². The van der Waals surface area contributed by atoms with Gasteiger partial charge in [-0.05, 0) is 12.1 Å². The van der Waals surface area contributed by atoms with Crippen LogP contribution in [0.4, 0.5) is 4.39 Å². The summed E-state index contributed by atoms with van der Waals surface area (Å²) in [4.78, 5) is 16.1. The monoisotopic (exact) mass is 259 g/mol. The third-order valence-corrected chi connectivity index (χ3v) is 3.12. The first-order chi connectivity index (χ1) is 8.02. The first kappa shape index (κ1) is 13.6. The van der Waals surface area contributed by atoms with E-state index in [1.165, 1.54) is 11.3 Å². The number of carboxylic acids is 1. The number of carboxylic acid groups (broad SMARTS) is 1. The maximum atomic E-state index is 12.0. The Hall–Kier alpha value is -1.47. The van der Waals surface area contributed by atoms with Gasteiger partial charge in [-0.2, -0.15) is 0 Å². The highest BCUT2D eigenvalue weighted by Crippen LogP contribution is 2.18. The third-order valence-electron chi connectivity index (χ3n) is 2.03. The van der Waals surface area contributed by atoms with Crippen molar-refractivity contribution in [2.24, 2.45) is 16.5 Å². The van der Waals surface area contributed by atoms with Gasteiger partial charge in [0.05, 0.1) is 6.54 Å². The van der Waals surface area contributed by atoms with Crippen molar-refractivity contribution < 1.29 is 14.3 Å². The van der Waals surface area contributed by atoms with E-state index < -0.39 is 18.7 Å². The lowest BCUT2D eigenvalue weighted by atomic mass is 10.2. The first-order valence-electron chi connectivity index (χ1n) is 4.93. The Bertz CT molecular complexity index is 419. The lowest BCUT2D eigenvalue weighted by molar-refractivity contribution is -0.138. The van der Waals surface area contributed by atoms with Gasteiger partial charge in [0.15, 0.2) is 0 Å². The zero-order valence-electron chi connectivity index (χ0n) is 9.10. The van der Waals surface area contributed by atoms with Gasteiger partial charge in [-0.3, -0.25) is 9.79 Å². The van der Waals surface area contributed by atoms with Crippen molar-refractivity contribution >= 4 is 23.1 Å². The Morgan fingerprint density at radius 1 is 1.53 bits per heavy atom. The highest BCUT2D eigenvalue weighted by molar-refractivity contribution is 7.12. The van der Waals surface area contributed by atoms with Crippen molar-refractivity contribution in [1.82, 2.24) is 0 Å². The average Bonchev–Trinajstić information content (AvgIpc) is 2.73. The van der Waals surface area contributed by atoms with Crippen LogP contribution in [0.2, 0.25) is 0 Å². The van der Waals surface area contributed by atoms with Crippen LogP contribution in [0.15, 0.2) is 17.1 Å². The normalized spacial score (nSPS) is 13.6. The van der Waals surface area contributed by atoms with Crippen molar-refractivity contribution in [3.05, 3.63) is 21.9 Å². The van der Waals surface area contributed by atoms with Crippen molar-refractivity contribution in [1.29, 1.82) is 0 Å². The molecule has 5 nitrogen and oxygen atoms in total. The number of aliphatic imine (C=N–C) groups is 1. The van der Waals surface area contributed by atoms with E-state index in [4.69, 9.17) is 16.6 Å². The summed E-state index contributed by atoms with van der Waals surface area (Å²) in [6.07, 6.45) is 0.280. The van der Waals surface area contributed by atoms with Crippen LogP contribution in [0.3, 0.4) is 0 Å². The summed E-state index contributed by atoms with van der Waals surface area (Å²) < 4.78 is 12.0. The lowest BCUT2D eigenvalue weighted by Crippen LogP contribution is -2.31. The zero-order valence-corrected chi connectivity index (χ0v) is 9.91. The molecule has 0 saturated heterocycles. The molecule has 17 heavy (non-hydrogen) atoms. The number of nitrogens with zero attached hydrogens (tertiary/aromatic N) is 1. The largest absolute Gasteiger partial charge is 0.480 e. The molecule has 0 unspecified atom stereocenters. The van der Waals surface area contributed by atoms with Gasteiger partial charge >= 0.3 is 5.97 Å². The van der Waals surface area contributed by atoms with Gasteiger partial charge in [-0.25, -0.2) is 4.39 Å². The van der Waals surface area contributed by atoms with Crippen LogP contribution < -0.4 is 11.5 Å². The number of halogens is 1. The number of carbonyl (C=O) groups is 1. The topological polar surface area (TPSA) is 102 Å². The maximum absolute atomic E-state index is 12.0. The molecular weight excluding hydrogens is 245 g/mol. The van der Waals surface area contributed by atoms with E-state index in [-0.39, 0.29) is 12.3 Å². The van der Waals surface area contributed by atoms with E-state index >= 15 is 0 Å². The number of amidine groups is 1. The molecule has 5 N–H and O–H groups in total. The predicted octanol–water partition coefficient (Wildman–Crippen LogP) is 0.529. The fourth-order valence-corrected chi connectivity index (χ4v) is 2.14. The van der Waals surface area contributed by atoms with E-state index in [1.54, 1.807) is 6.07 Å². The van der Waals surface area contributed by atoms with E-state index in [1.807, 2.05) is 6.07 Å². The molecule has 1 heterocycles. The Balaban J connectivity index is 2.56. The number of alkyl halides is 1. The summed E-state index contributed by atoms with van der Waals surface area (Å²) in [5.74, 6) is -1.07. The van der Waals surface area contributed by atoms with E-state index in [9.17, 15) is 9.18 Å². The van der Waals surface area contributed by atoms with Crippen LogP contribution >= 0.6 is 11.3 Å². The highest BCUT2D eigenvalue weighted by Gasteiger charge is 2.13. The molecule has 1 aromatic heterocycles. The zero-order chi connectivity index (χ0) is 12.8. The summed E-state index contributed by atoms with van der Waals surface area (Å²) in [7, 11) is 0. The van der Waals surface area contributed by atoms with Crippen LogP contribution in [0.25, 0.3) is 0 Å². The van der Waals surface area contributed by atoms with Gasteiger partial charge in [0, 0.05) is 16.2 Å². The molecule has 1 atom stereocenters. The molecule has 0 aliphatic carbocycles. The van der Waals surface area contributed by atoms with Crippen molar-refractivity contribution in [3.8, 4) is 0 Å². The van der Waals surface area contributed by atoms with Crippen LogP contribution in [0, 0.1) is 0 Å². The maximum Gasteiger partial charge on any atom is 0.320 e. The second-order valence-corrected chi connectivity index (χ2v) is 4.71. The molecule has 0 bridgehead atoms. The molecular formula is C10H14FN3O2S. The van der Waals surface area contributed by atoms with Gasteiger partial charge in [0.25, 0.3) is 0 Å². The first-order valence-corrected chi connectivity index (χ1v) is 5.75. The Labute approximate surface area is 102 Å². The molecule has 0 aliphatic heterocycles. The predicted molar refractivity (Wildman–Crippen MR) is 64.9 cm³/mol. The summed E-state index contributed by atoms with van der Waals surface area (Å²) in [5, 5.41) is 8.66. The number of hydrogen-bond donors (Lipinski definition) is 3. The number of rotatable bonds is 6. The van der Waals surface area contributed by atoms with Gasteiger partial charge in [-0.15, -0.1) is 11.3 Å². The molecule has 94 valence electrons. The van der Waals surface area contributed by atoms with Gasteiger partial charge in [0.2, 0.25) is 0 Å². The third kappa shape index (κ3) is 4.49. The van der Waals surface area contributed by atoms with Crippen LogP contribution in [0.5, 0.6) is 0 Å². The molecule has 0 radical (unpaired) electrons. The van der Waals surface area contributed by atoms with Crippen molar-refractivity contribution in [3.63, 3.8) is 0 Å². The SMILES string of the molecule is NC(CF)=NCc1ccc(C[C@H](N)C(=O)O)s1. The number of thiophene rings is 1. The fraction of sp³-hybridized carbons (Fsp3) is 0.400. The summed E-state index contributed by atoms with van der Waals surface area (Å²) in [5.41, 5.74) is 10.6. The second-order valence-electron chi connectivity index (χ2n) is 3.46. The van der Waals surface area contributed by atoms with Crippen molar-refractivity contribution in [2.75, 3.05) is 6.67 Å². The van der Waals surface area contributed by atoms with Crippen LogP contribution in [-0.2, 0) is 17.8 Å². The number of nitrogens with two attached hydrogens (primary N) is 2. The minimum Gasteiger partial charge on any atom is -0.480 e. The molecule has 0 fully saturated rings. The van der Waals surface area contributed by atoms with Crippen molar-refractivity contribution in [2.45, 2.75) is 19.0 Å². The minimum absolute atomic E-state index is 0.0396. The fourth-order valence-electron chi connectivity index (χ4n) is 1.14. The van der Waals surface area contributed by atoms with Crippen LogP contribution in [0.1, 0.15) is 9.75 Å². The highest BCUT2D eigenvalue weighted by atomic mass is 32.1. The lowest BCUT2D eigenvalue weighted by Gasteiger charge is -2.02. The standard InChI is InChI=1S/C10H14FN3O2S/c11-4-9(13)14-5-7-2-1-6(17-7)3-8(12)10(15)16/h1-2,8H,3-5,12H2,(H2,13,14)(H,15,16)/t8-/m0/s1. The number of aliphatic carboxylic acids is 1. The Kier molecular flexibility index (Phi) is 5.05. The molecule has 7 heteroatoms. The van der Waals surface area contributed by atoms with Crippen LogP contribution in [-0.4, -0.2) is 29.6 Å². The molecule has 0 spiro atoms. The van der Waals surface area contributed by atoms with E-state index in [0.29, 0.717) is 6.54 Å². The molecule has 0 aliphatic rings. The molecule has 1 aromatic rings. The molecule has 0 saturated carbocycles. The Morgan fingerprint density at radius 3 is 2.76 bits per heavy atom. The quantitative estimate of drug-likeness (QED) is 0.512. The summed E-state index contributed by atoms with van der Waals surface area (Å²) in [6, 6.07) is 2.70. The molecule has 1 rings (SSSR count).